The third kappa shape index (κ3) is 6.29. The van der Waals surface area contributed by atoms with Crippen molar-refractivity contribution in [2.75, 3.05) is 10.6 Å². The molecule has 3 rings (SSSR count). The monoisotopic (exact) mass is 470 g/mol. The number of nitrogens with zero attached hydrogens (tertiary/aromatic N) is 2. The predicted molar refractivity (Wildman–Crippen MR) is 125 cm³/mol. The maximum atomic E-state index is 12.6. The number of hydrogen-bond donors (Lipinski definition) is 2. The van der Waals surface area contributed by atoms with E-state index in [0.717, 1.165) is 4.90 Å². The minimum Gasteiger partial charge on any atom is -0.322 e. The molecule has 0 aliphatic rings. The largest absolute Gasteiger partial charge is 0.322 e. The van der Waals surface area contributed by atoms with Crippen LogP contribution in [0.4, 0.5) is 17.2 Å². The highest BCUT2D eigenvalue weighted by molar-refractivity contribution is 8.00. The maximum Gasteiger partial charge on any atom is 0.270 e. The quantitative estimate of drug-likeness (QED) is 0.258. The van der Waals surface area contributed by atoms with Crippen LogP contribution in [0.3, 0.4) is 0 Å². The van der Waals surface area contributed by atoms with E-state index in [-0.39, 0.29) is 22.4 Å². The van der Waals surface area contributed by atoms with Gasteiger partial charge < -0.3 is 10.6 Å². The Morgan fingerprint density at radius 3 is 2.59 bits per heavy atom. The van der Waals surface area contributed by atoms with Crippen molar-refractivity contribution in [3.05, 3.63) is 87.6 Å². The first-order valence-corrected chi connectivity index (χ1v) is 10.9. The van der Waals surface area contributed by atoms with Gasteiger partial charge in [-0.3, -0.25) is 19.7 Å². The lowest BCUT2D eigenvalue weighted by molar-refractivity contribution is -0.384. The molecule has 0 saturated carbocycles. The number of nitro groups is 1. The molecule has 10 heteroatoms. The molecular formula is C22H19ClN4O4S. The Balaban J connectivity index is 1.67. The molecule has 1 atom stereocenters. The number of aromatic nitrogens is 1. The molecule has 32 heavy (non-hydrogen) atoms. The normalized spacial score (nSPS) is 11.4. The van der Waals surface area contributed by atoms with Crippen LogP contribution in [0.1, 0.15) is 23.7 Å². The zero-order chi connectivity index (χ0) is 23.1. The number of anilines is 2. The fraction of sp³-hybridized carbons (Fsp3) is 0.136. The van der Waals surface area contributed by atoms with Crippen LogP contribution >= 0.6 is 23.4 Å². The van der Waals surface area contributed by atoms with E-state index in [1.165, 1.54) is 42.2 Å². The van der Waals surface area contributed by atoms with Gasteiger partial charge in [-0.1, -0.05) is 30.7 Å². The van der Waals surface area contributed by atoms with Gasteiger partial charge >= 0.3 is 0 Å². The molecular weight excluding hydrogens is 452 g/mol. The Kier molecular flexibility index (Phi) is 7.80. The van der Waals surface area contributed by atoms with Crippen LogP contribution in [0.5, 0.6) is 0 Å². The Morgan fingerprint density at radius 2 is 1.91 bits per heavy atom. The average Bonchev–Trinajstić information content (AvgIpc) is 2.79. The van der Waals surface area contributed by atoms with E-state index in [0.29, 0.717) is 22.9 Å². The molecule has 0 aliphatic heterocycles. The summed E-state index contributed by atoms with van der Waals surface area (Å²) in [5.41, 5.74) is 0.536. The van der Waals surface area contributed by atoms with Gasteiger partial charge in [-0.05, 0) is 42.8 Å². The minimum atomic E-state index is -0.552. The summed E-state index contributed by atoms with van der Waals surface area (Å²) in [5, 5.41) is 16.5. The summed E-state index contributed by atoms with van der Waals surface area (Å²) >= 11 is 7.17. The zero-order valence-electron chi connectivity index (χ0n) is 16.9. The first kappa shape index (κ1) is 23.2. The number of carbonyl (C=O) groups excluding carboxylic acids is 2. The number of pyridine rings is 1. The predicted octanol–water partition coefficient (Wildman–Crippen LogP) is 5.40. The van der Waals surface area contributed by atoms with Crippen molar-refractivity contribution >= 4 is 52.4 Å². The SMILES string of the molecule is CCC(Sc1cccc(NC(=O)c2cccc([N+](=O)[O-])c2)c1)C(=O)Nc1ccc(Cl)cn1. The van der Waals surface area contributed by atoms with Gasteiger partial charge in [0.1, 0.15) is 5.82 Å². The van der Waals surface area contributed by atoms with Crippen molar-refractivity contribution in [3.63, 3.8) is 0 Å². The summed E-state index contributed by atoms with van der Waals surface area (Å²) in [6.07, 6.45) is 2.03. The molecule has 164 valence electrons. The summed E-state index contributed by atoms with van der Waals surface area (Å²) in [7, 11) is 0. The zero-order valence-corrected chi connectivity index (χ0v) is 18.5. The fourth-order valence-corrected chi connectivity index (χ4v) is 3.88. The lowest BCUT2D eigenvalue weighted by Crippen LogP contribution is -2.25. The van der Waals surface area contributed by atoms with Gasteiger partial charge in [0.05, 0.1) is 15.2 Å². The lowest BCUT2D eigenvalue weighted by atomic mass is 10.2. The Morgan fingerprint density at radius 1 is 1.12 bits per heavy atom. The van der Waals surface area contributed by atoms with Crippen LogP contribution in [-0.2, 0) is 4.79 Å². The Labute approximate surface area is 193 Å². The van der Waals surface area contributed by atoms with E-state index in [1.807, 2.05) is 13.0 Å². The van der Waals surface area contributed by atoms with Crippen molar-refractivity contribution in [1.82, 2.24) is 4.98 Å². The van der Waals surface area contributed by atoms with E-state index >= 15 is 0 Å². The first-order valence-electron chi connectivity index (χ1n) is 9.60. The molecule has 2 N–H and O–H groups in total. The second kappa shape index (κ2) is 10.7. The first-order chi connectivity index (χ1) is 15.4. The van der Waals surface area contributed by atoms with Gasteiger partial charge in [0.25, 0.3) is 11.6 Å². The topological polar surface area (TPSA) is 114 Å². The second-order valence-corrected chi connectivity index (χ2v) is 8.37. The van der Waals surface area contributed by atoms with Gasteiger partial charge in [0.15, 0.2) is 0 Å². The van der Waals surface area contributed by atoms with Gasteiger partial charge in [-0.25, -0.2) is 4.98 Å². The number of non-ortho nitro benzene ring substituents is 1. The van der Waals surface area contributed by atoms with Crippen LogP contribution in [0.25, 0.3) is 0 Å². The number of halogens is 1. The van der Waals surface area contributed by atoms with Crippen molar-refractivity contribution < 1.29 is 14.5 Å². The van der Waals surface area contributed by atoms with Crippen LogP contribution in [0.2, 0.25) is 5.02 Å². The number of hydrogen-bond acceptors (Lipinski definition) is 6. The number of nitrogens with one attached hydrogen (secondary N) is 2. The van der Waals surface area contributed by atoms with Crippen LogP contribution in [0.15, 0.2) is 71.8 Å². The van der Waals surface area contributed by atoms with Gasteiger partial charge in [-0.2, -0.15) is 0 Å². The number of carbonyl (C=O) groups is 2. The number of thioether (sulfide) groups is 1. The van der Waals surface area contributed by atoms with E-state index in [2.05, 4.69) is 15.6 Å². The molecule has 1 heterocycles. The van der Waals surface area contributed by atoms with Crippen molar-refractivity contribution in [2.45, 2.75) is 23.5 Å². The highest BCUT2D eigenvalue weighted by atomic mass is 35.5. The van der Waals surface area contributed by atoms with Crippen LogP contribution < -0.4 is 10.6 Å². The standard InChI is InChI=1S/C22H19ClN4O4S/c1-2-19(22(29)26-20-10-9-15(23)13-24-20)32-18-8-4-6-16(12-18)25-21(28)14-5-3-7-17(11-14)27(30)31/h3-13,19H,2H2,1H3,(H,25,28)(H,24,26,29). The molecule has 2 aromatic carbocycles. The lowest BCUT2D eigenvalue weighted by Gasteiger charge is -2.15. The summed E-state index contributed by atoms with van der Waals surface area (Å²) in [6.45, 7) is 1.90. The van der Waals surface area contributed by atoms with E-state index < -0.39 is 10.8 Å². The maximum absolute atomic E-state index is 12.6. The summed E-state index contributed by atoms with van der Waals surface area (Å²) in [5.74, 6) is -0.246. The molecule has 1 aromatic heterocycles. The molecule has 2 amide bonds. The molecule has 0 spiro atoms. The van der Waals surface area contributed by atoms with Crippen molar-refractivity contribution in [2.24, 2.45) is 0 Å². The van der Waals surface area contributed by atoms with Crippen molar-refractivity contribution in [3.8, 4) is 0 Å². The van der Waals surface area contributed by atoms with Crippen molar-refractivity contribution in [1.29, 1.82) is 0 Å². The summed E-state index contributed by atoms with van der Waals surface area (Å²) < 4.78 is 0. The highest BCUT2D eigenvalue weighted by Gasteiger charge is 2.19. The molecule has 0 radical (unpaired) electrons. The molecule has 0 saturated heterocycles. The average molecular weight is 471 g/mol. The van der Waals surface area contributed by atoms with E-state index in [1.54, 1.807) is 30.3 Å². The third-order valence-corrected chi connectivity index (χ3v) is 5.91. The molecule has 3 aromatic rings. The van der Waals surface area contributed by atoms with E-state index in [9.17, 15) is 19.7 Å². The molecule has 8 nitrogen and oxygen atoms in total. The molecule has 0 bridgehead atoms. The smallest absolute Gasteiger partial charge is 0.270 e. The van der Waals surface area contributed by atoms with E-state index in [4.69, 9.17) is 11.6 Å². The van der Waals surface area contributed by atoms with Gasteiger partial charge in [-0.15, -0.1) is 11.8 Å². The minimum absolute atomic E-state index is 0.158. The van der Waals surface area contributed by atoms with Gasteiger partial charge in [0, 0.05) is 34.5 Å². The number of benzene rings is 2. The third-order valence-electron chi connectivity index (χ3n) is 4.33. The number of nitro benzene ring substituents is 1. The van der Waals surface area contributed by atoms with Gasteiger partial charge in [0.2, 0.25) is 5.91 Å². The summed E-state index contributed by atoms with van der Waals surface area (Å²) in [6, 6.07) is 15.8. The molecule has 0 aliphatic carbocycles. The van der Waals surface area contributed by atoms with Crippen LogP contribution in [0, 0.1) is 10.1 Å². The Hall–Kier alpha value is -3.43. The van der Waals surface area contributed by atoms with Crippen LogP contribution in [-0.4, -0.2) is 27.0 Å². The Bertz CT molecular complexity index is 1140. The molecule has 1 unspecified atom stereocenters. The highest BCUT2D eigenvalue weighted by Crippen LogP contribution is 2.29. The summed E-state index contributed by atoms with van der Waals surface area (Å²) in [4.78, 5) is 40.4. The number of rotatable bonds is 8. The number of amides is 2. The fourth-order valence-electron chi connectivity index (χ4n) is 2.75. The molecule has 0 fully saturated rings. The second-order valence-electron chi connectivity index (χ2n) is 6.66.